The Kier molecular flexibility index (Phi) is 5.68. The van der Waals surface area contributed by atoms with E-state index in [4.69, 9.17) is 0 Å². The number of imidazole rings is 1. The van der Waals surface area contributed by atoms with E-state index < -0.39 is 0 Å². The number of aromatic amines is 2. The lowest BCUT2D eigenvalue weighted by Gasteiger charge is -2.07. The van der Waals surface area contributed by atoms with Crippen LogP contribution < -0.4 is 5.32 Å². The molecule has 0 aliphatic heterocycles. The van der Waals surface area contributed by atoms with Crippen molar-refractivity contribution in [2.45, 2.75) is 33.1 Å². The highest BCUT2D eigenvalue weighted by molar-refractivity contribution is 5.98. The molecular weight excluding hydrogens is 466 g/mol. The number of hydrogen-bond acceptors (Lipinski definition) is 6. The van der Waals surface area contributed by atoms with Crippen LogP contribution in [0.2, 0.25) is 0 Å². The maximum Gasteiger partial charge on any atom is 0.224 e. The second-order valence-electron chi connectivity index (χ2n) is 9.03. The monoisotopic (exact) mass is 491 g/mol. The Morgan fingerprint density at radius 3 is 2.73 bits per heavy atom. The van der Waals surface area contributed by atoms with Gasteiger partial charge in [-0.2, -0.15) is 5.10 Å². The summed E-state index contributed by atoms with van der Waals surface area (Å²) in [6.07, 6.45) is 14.9. The molecule has 6 rings (SSSR count). The lowest BCUT2D eigenvalue weighted by atomic mass is 10.1. The molecule has 0 atom stereocenters. The van der Waals surface area contributed by atoms with Gasteiger partial charge in [0.05, 0.1) is 70.6 Å². The predicted octanol–water partition coefficient (Wildman–Crippen LogP) is 5.19. The van der Waals surface area contributed by atoms with E-state index >= 15 is 0 Å². The topological polar surface area (TPSA) is 130 Å². The van der Waals surface area contributed by atoms with E-state index in [1.54, 1.807) is 31.1 Å². The SMILES string of the molecule is CCCCC(=O)Nc1cncc(-c2cc3c(-c4cc5c(-n6cnc(C)c6)cncc5[nH]4)n[nH]c3cn2)c1. The molecule has 6 aromatic rings. The molecule has 0 bridgehead atoms. The Balaban J connectivity index is 1.37. The molecule has 0 radical (unpaired) electrons. The molecule has 0 aliphatic rings. The van der Waals surface area contributed by atoms with Crippen LogP contribution in [-0.4, -0.2) is 45.6 Å². The number of nitrogens with zero attached hydrogens (tertiary/aromatic N) is 6. The average molecular weight is 492 g/mol. The van der Waals surface area contributed by atoms with Crippen LogP contribution in [0.4, 0.5) is 5.69 Å². The Morgan fingerprint density at radius 2 is 1.89 bits per heavy atom. The fraction of sp³-hybridized carbons (Fsp3) is 0.185. The molecule has 1 amide bonds. The van der Waals surface area contributed by atoms with Gasteiger partial charge in [-0.15, -0.1) is 0 Å². The highest BCUT2D eigenvalue weighted by atomic mass is 16.1. The summed E-state index contributed by atoms with van der Waals surface area (Å²) in [5.74, 6) is -0.0140. The normalized spacial score (nSPS) is 11.4. The van der Waals surface area contributed by atoms with Crippen molar-refractivity contribution in [2.75, 3.05) is 5.32 Å². The molecule has 10 heteroatoms. The molecule has 10 nitrogen and oxygen atoms in total. The van der Waals surface area contributed by atoms with Gasteiger partial charge in [-0.1, -0.05) is 13.3 Å². The first-order valence-electron chi connectivity index (χ1n) is 12.2. The maximum atomic E-state index is 12.2. The van der Waals surface area contributed by atoms with Gasteiger partial charge in [0.15, 0.2) is 0 Å². The third-order valence-electron chi connectivity index (χ3n) is 6.29. The number of aromatic nitrogens is 8. The summed E-state index contributed by atoms with van der Waals surface area (Å²) in [5, 5.41) is 12.5. The molecule has 184 valence electrons. The van der Waals surface area contributed by atoms with Crippen molar-refractivity contribution < 1.29 is 4.79 Å². The number of nitrogens with one attached hydrogen (secondary N) is 3. The third kappa shape index (κ3) is 4.33. The van der Waals surface area contributed by atoms with Crippen molar-refractivity contribution in [3.63, 3.8) is 0 Å². The number of carbonyl (C=O) groups is 1. The minimum absolute atomic E-state index is 0.0140. The molecule has 3 N–H and O–H groups in total. The standard InChI is InChI=1S/C27H25N9O/c1-3-4-5-26(37)32-18-6-17(9-28-10-18)21-8-20-24(12-30-21)34-35-27(20)22-7-19-23(33-22)11-29-13-25(19)36-14-16(2)31-15-36/h6-15,33H,3-5H2,1-2H3,(H,32,37)(H,34,35). The van der Waals surface area contributed by atoms with E-state index in [-0.39, 0.29) is 5.91 Å². The number of hydrogen-bond donors (Lipinski definition) is 3. The van der Waals surface area contributed by atoms with Gasteiger partial charge in [-0.05, 0) is 31.5 Å². The summed E-state index contributed by atoms with van der Waals surface area (Å²) in [6.45, 7) is 4.02. The van der Waals surface area contributed by atoms with Crippen molar-refractivity contribution in [3.8, 4) is 28.3 Å². The zero-order chi connectivity index (χ0) is 25.4. The van der Waals surface area contributed by atoms with Crippen LogP contribution in [0.5, 0.6) is 0 Å². The highest BCUT2D eigenvalue weighted by Crippen LogP contribution is 2.32. The van der Waals surface area contributed by atoms with Gasteiger partial charge in [0, 0.05) is 35.2 Å². The number of anilines is 1. The van der Waals surface area contributed by atoms with Crippen molar-refractivity contribution in [1.82, 2.24) is 39.7 Å². The first kappa shape index (κ1) is 22.6. The van der Waals surface area contributed by atoms with Gasteiger partial charge in [0.2, 0.25) is 5.91 Å². The van der Waals surface area contributed by atoms with Crippen molar-refractivity contribution in [2.24, 2.45) is 0 Å². The van der Waals surface area contributed by atoms with E-state index in [1.807, 2.05) is 36.0 Å². The van der Waals surface area contributed by atoms with Crippen LogP contribution in [0.1, 0.15) is 31.9 Å². The molecule has 6 aromatic heterocycles. The zero-order valence-corrected chi connectivity index (χ0v) is 20.5. The van der Waals surface area contributed by atoms with Crippen molar-refractivity contribution in [1.29, 1.82) is 0 Å². The summed E-state index contributed by atoms with van der Waals surface area (Å²) in [7, 11) is 0. The second kappa shape index (κ2) is 9.30. The number of rotatable bonds is 7. The molecule has 0 aromatic carbocycles. The summed E-state index contributed by atoms with van der Waals surface area (Å²) < 4.78 is 1.97. The quantitative estimate of drug-likeness (QED) is 0.282. The van der Waals surface area contributed by atoms with Crippen LogP contribution in [0.25, 0.3) is 50.1 Å². The average Bonchev–Trinajstić information content (AvgIpc) is 3.64. The summed E-state index contributed by atoms with van der Waals surface area (Å²) >= 11 is 0. The molecular formula is C27H25N9O. The number of fused-ring (bicyclic) bond motifs is 2. The van der Waals surface area contributed by atoms with Crippen LogP contribution in [0, 0.1) is 6.92 Å². The van der Waals surface area contributed by atoms with Gasteiger partial charge in [0.25, 0.3) is 0 Å². The smallest absolute Gasteiger partial charge is 0.224 e. The third-order valence-corrected chi connectivity index (χ3v) is 6.29. The Labute approximate surface area is 212 Å². The van der Waals surface area contributed by atoms with E-state index in [9.17, 15) is 4.79 Å². The van der Waals surface area contributed by atoms with Crippen LogP contribution >= 0.6 is 0 Å². The van der Waals surface area contributed by atoms with Gasteiger partial charge >= 0.3 is 0 Å². The number of H-pyrrole nitrogens is 2. The molecule has 0 spiro atoms. The van der Waals surface area contributed by atoms with E-state index in [0.29, 0.717) is 12.1 Å². The van der Waals surface area contributed by atoms with Crippen molar-refractivity contribution in [3.05, 3.63) is 67.4 Å². The highest BCUT2D eigenvalue weighted by Gasteiger charge is 2.15. The number of pyridine rings is 3. The van der Waals surface area contributed by atoms with Gasteiger partial charge < -0.3 is 14.9 Å². The number of amides is 1. The zero-order valence-electron chi connectivity index (χ0n) is 20.5. The molecule has 37 heavy (non-hydrogen) atoms. The van der Waals surface area contributed by atoms with E-state index in [1.165, 1.54) is 0 Å². The number of aryl methyl sites for hydroxylation is 1. The molecule has 0 saturated heterocycles. The Morgan fingerprint density at radius 1 is 1.00 bits per heavy atom. The van der Waals surface area contributed by atoms with Crippen molar-refractivity contribution >= 4 is 33.4 Å². The maximum absolute atomic E-state index is 12.2. The van der Waals surface area contributed by atoms with E-state index in [2.05, 4.69) is 53.4 Å². The van der Waals surface area contributed by atoms with Crippen LogP contribution in [0.15, 0.2) is 61.7 Å². The number of unbranched alkanes of at least 4 members (excludes halogenated alkanes) is 1. The molecule has 0 unspecified atom stereocenters. The Bertz CT molecular complexity index is 1740. The van der Waals surface area contributed by atoms with E-state index in [0.717, 1.165) is 68.7 Å². The lowest BCUT2D eigenvalue weighted by Crippen LogP contribution is -2.11. The largest absolute Gasteiger partial charge is 0.352 e. The summed E-state index contributed by atoms with van der Waals surface area (Å²) in [4.78, 5) is 33.3. The molecule has 0 saturated carbocycles. The van der Waals surface area contributed by atoms with Gasteiger partial charge in [0.1, 0.15) is 5.69 Å². The molecule has 0 fully saturated rings. The summed E-state index contributed by atoms with van der Waals surface area (Å²) in [5.41, 5.74) is 7.42. The first-order valence-corrected chi connectivity index (χ1v) is 12.2. The fourth-order valence-corrected chi connectivity index (χ4v) is 4.41. The minimum Gasteiger partial charge on any atom is -0.352 e. The lowest BCUT2D eigenvalue weighted by molar-refractivity contribution is -0.116. The second-order valence-corrected chi connectivity index (χ2v) is 9.03. The number of carbonyl (C=O) groups excluding carboxylic acids is 1. The minimum atomic E-state index is -0.0140. The molecule has 0 aliphatic carbocycles. The predicted molar refractivity (Wildman–Crippen MR) is 142 cm³/mol. The first-order chi connectivity index (χ1) is 18.1. The Hall–Kier alpha value is -4.86. The van der Waals surface area contributed by atoms with Crippen LogP contribution in [-0.2, 0) is 4.79 Å². The molecule has 6 heterocycles. The summed E-state index contributed by atoms with van der Waals surface area (Å²) in [6, 6.07) is 5.95. The van der Waals surface area contributed by atoms with Gasteiger partial charge in [-0.25, -0.2) is 4.98 Å². The van der Waals surface area contributed by atoms with Gasteiger partial charge in [-0.3, -0.25) is 24.8 Å². The fourth-order valence-electron chi connectivity index (χ4n) is 4.41. The van der Waals surface area contributed by atoms with Crippen LogP contribution in [0.3, 0.4) is 0 Å².